The maximum atomic E-state index is 9.56. The van der Waals surface area contributed by atoms with E-state index in [0.29, 0.717) is 0 Å². The number of nitrogens with one attached hydrogen (secondary N) is 1. The van der Waals surface area contributed by atoms with Gasteiger partial charge < -0.3 is 10.4 Å². The molecule has 2 rings (SSSR count). The van der Waals surface area contributed by atoms with Crippen LogP contribution >= 0.6 is 0 Å². The van der Waals surface area contributed by atoms with Crippen LogP contribution in [0.1, 0.15) is 26.7 Å². The van der Waals surface area contributed by atoms with Gasteiger partial charge in [0, 0.05) is 24.4 Å². The van der Waals surface area contributed by atoms with E-state index in [9.17, 15) is 5.11 Å². The Morgan fingerprint density at radius 2 is 2.10 bits per heavy atom. The highest BCUT2D eigenvalue weighted by atomic mass is 16.3. The van der Waals surface area contributed by atoms with E-state index in [0.717, 1.165) is 30.9 Å². The maximum Gasteiger partial charge on any atom is 0.153 e. The lowest BCUT2D eigenvalue weighted by molar-refractivity contribution is 0.127. The van der Waals surface area contributed by atoms with Gasteiger partial charge in [-0.25, -0.2) is 9.67 Å². The van der Waals surface area contributed by atoms with Crippen LogP contribution in [0.15, 0.2) is 36.8 Å². The zero-order valence-electron chi connectivity index (χ0n) is 12.1. The fourth-order valence-electron chi connectivity index (χ4n) is 2.10. The molecule has 0 aliphatic heterocycles. The number of hydrogen-bond donors (Lipinski definition) is 2. The molecule has 5 nitrogen and oxygen atoms in total. The molecule has 2 heterocycles. The van der Waals surface area contributed by atoms with Crippen molar-refractivity contribution in [3.05, 3.63) is 36.8 Å². The molecule has 0 radical (unpaired) electrons. The third kappa shape index (κ3) is 3.17. The lowest BCUT2D eigenvalue weighted by Gasteiger charge is -2.29. The Bertz CT molecular complexity index is 495. The second-order valence-corrected chi connectivity index (χ2v) is 5.07. The van der Waals surface area contributed by atoms with Crippen LogP contribution in [0.4, 0.5) is 5.69 Å². The highest BCUT2D eigenvalue weighted by Crippen LogP contribution is 2.26. The average molecular weight is 274 g/mol. The zero-order chi connectivity index (χ0) is 14.4. The molecule has 0 amide bonds. The zero-order valence-corrected chi connectivity index (χ0v) is 12.1. The summed E-state index contributed by atoms with van der Waals surface area (Å²) in [5, 5.41) is 17.1. The Morgan fingerprint density at radius 1 is 1.30 bits per heavy atom. The first-order valence-corrected chi connectivity index (χ1v) is 7.04. The lowest BCUT2D eigenvalue weighted by Crippen LogP contribution is -2.32. The van der Waals surface area contributed by atoms with Gasteiger partial charge in [0.15, 0.2) is 5.82 Å². The van der Waals surface area contributed by atoms with Crippen LogP contribution in [-0.2, 0) is 0 Å². The van der Waals surface area contributed by atoms with Crippen molar-refractivity contribution in [3.8, 4) is 5.82 Å². The molecule has 0 atom stereocenters. The quantitative estimate of drug-likeness (QED) is 0.814. The summed E-state index contributed by atoms with van der Waals surface area (Å²) in [7, 11) is 0. The molecule has 5 heteroatoms. The number of pyridine rings is 1. The van der Waals surface area contributed by atoms with Gasteiger partial charge in [-0.15, -0.1) is 0 Å². The Labute approximate surface area is 119 Å². The molecule has 0 fully saturated rings. The van der Waals surface area contributed by atoms with Crippen LogP contribution in [0.2, 0.25) is 0 Å². The van der Waals surface area contributed by atoms with E-state index < -0.39 is 0 Å². The molecule has 0 aliphatic rings. The number of anilines is 1. The van der Waals surface area contributed by atoms with Crippen LogP contribution in [0.5, 0.6) is 0 Å². The van der Waals surface area contributed by atoms with Gasteiger partial charge in [0.2, 0.25) is 0 Å². The van der Waals surface area contributed by atoms with Crippen molar-refractivity contribution in [3.63, 3.8) is 0 Å². The minimum Gasteiger partial charge on any atom is -0.396 e. The van der Waals surface area contributed by atoms with Crippen LogP contribution in [0, 0.1) is 5.41 Å². The van der Waals surface area contributed by atoms with Gasteiger partial charge in [-0.2, -0.15) is 5.10 Å². The number of aliphatic hydroxyl groups excluding tert-OH is 1. The van der Waals surface area contributed by atoms with Gasteiger partial charge >= 0.3 is 0 Å². The molecule has 0 saturated carbocycles. The molecule has 0 spiro atoms. The average Bonchev–Trinajstić information content (AvgIpc) is 3.04. The van der Waals surface area contributed by atoms with E-state index >= 15 is 0 Å². The Hall–Kier alpha value is -1.88. The predicted molar refractivity (Wildman–Crippen MR) is 79.9 cm³/mol. The Balaban J connectivity index is 2.01. The molecule has 0 aromatic carbocycles. The monoisotopic (exact) mass is 274 g/mol. The molecule has 2 N–H and O–H groups in total. The summed E-state index contributed by atoms with van der Waals surface area (Å²) >= 11 is 0. The van der Waals surface area contributed by atoms with E-state index in [1.165, 1.54) is 0 Å². The van der Waals surface area contributed by atoms with Crippen molar-refractivity contribution in [2.75, 3.05) is 18.5 Å². The van der Waals surface area contributed by atoms with E-state index in [-0.39, 0.29) is 12.0 Å². The van der Waals surface area contributed by atoms with Gasteiger partial charge in [0.05, 0.1) is 18.5 Å². The molecule has 2 aromatic rings. The Kier molecular flexibility index (Phi) is 4.74. The fraction of sp³-hybridized carbons (Fsp3) is 0.467. The van der Waals surface area contributed by atoms with Crippen molar-refractivity contribution < 1.29 is 5.11 Å². The summed E-state index contributed by atoms with van der Waals surface area (Å²) < 4.78 is 1.72. The molecular formula is C15H22N4O. The highest BCUT2D eigenvalue weighted by molar-refractivity contribution is 5.43. The first-order valence-electron chi connectivity index (χ1n) is 7.04. The molecule has 2 aromatic heterocycles. The maximum absolute atomic E-state index is 9.56. The van der Waals surface area contributed by atoms with E-state index in [1.54, 1.807) is 17.1 Å². The topological polar surface area (TPSA) is 63.0 Å². The summed E-state index contributed by atoms with van der Waals surface area (Å²) in [6, 6.07) is 5.78. The van der Waals surface area contributed by atoms with Crippen molar-refractivity contribution >= 4 is 5.69 Å². The van der Waals surface area contributed by atoms with E-state index in [1.807, 2.05) is 24.4 Å². The smallest absolute Gasteiger partial charge is 0.153 e. The molecule has 20 heavy (non-hydrogen) atoms. The van der Waals surface area contributed by atoms with Crippen molar-refractivity contribution in [2.24, 2.45) is 5.41 Å². The number of aromatic nitrogens is 3. The summed E-state index contributed by atoms with van der Waals surface area (Å²) in [5.41, 5.74) is 0.904. The van der Waals surface area contributed by atoms with Crippen molar-refractivity contribution in [2.45, 2.75) is 26.7 Å². The summed E-state index contributed by atoms with van der Waals surface area (Å²) in [4.78, 5) is 4.37. The lowest BCUT2D eigenvalue weighted by atomic mass is 9.83. The molecule has 0 bridgehead atoms. The summed E-state index contributed by atoms with van der Waals surface area (Å²) in [6.45, 7) is 5.17. The largest absolute Gasteiger partial charge is 0.396 e. The molecule has 108 valence electrons. The van der Waals surface area contributed by atoms with Crippen LogP contribution < -0.4 is 5.32 Å². The fourth-order valence-corrected chi connectivity index (χ4v) is 2.10. The third-order valence-electron chi connectivity index (χ3n) is 3.99. The van der Waals surface area contributed by atoms with Gasteiger partial charge in [-0.3, -0.25) is 0 Å². The normalized spacial score (nSPS) is 11.6. The minimum atomic E-state index is -0.0549. The van der Waals surface area contributed by atoms with Crippen LogP contribution in [0.3, 0.4) is 0 Å². The molecule has 0 saturated heterocycles. The van der Waals surface area contributed by atoms with Gasteiger partial charge in [0.1, 0.15) is 0 Å². The minimum absolute atomic E-state index is 0.0549. The van der Waals surface area contributed by atoms with Crippen LogP contribution in [-0.4, -0.2) is 33.0 Å². The van der Waals surface area contributed by atoms with Crippen molar-refractivity contribution in [1.82, 2.24) is 14.8 Å². The molecule has 0 aliphatic carbocycles. The predicted octanol–water partition coefficient (Wildman–Crippen LogP) is 2.48. The second kappa shape index (κ2) is 6.52. The Morgan fingerprint density at radius 3 is 2.60 bits per heavy atom. The van der Waals surface area contributed by atoms with Gasteiger partial charge in [0.25, 0.3) is 0 Å². The van der Waals surface area contributed by atoms with E-state index in [2.05, 4.69) is 29.2 Å². The third-order valence-corrected chi connectivity index (χ3v) is 3.99. The molecule has 0 unspecified atom stereocenters. The van der Waals surface area contributed by atoms with Gasteiger partial charge in [-0.1, -0.05) is 13.8 Å². The number of rotatable bonds is 7. The summed E-state index contributed by atoms with van der Waals surface area (Å²) in [5.74, 6) is 0.792. The molecular weight excluding hydrogens is 252 g/mol. The standard InChI is InChI=1S/C15H22N4O/c1-3-15(4-2,12-20)11-17-13-6-7-14(16-10-13)19-9-5-8-18-19/h5-10,17,20H,3-4,11-12H2,1-2H3. The number of hydrogen-bond acceptors (Lipinski definition) is 4. The second-order valence-electron chi connectivity index (χ2n) is 5.07. The number of aliphatic hydroxyl groups is 1. The van der Waals surface area contributed by atoms with Gasteiger partial charge in [-0.05, 0) is 31.0 Å². The highest BCUT2D eigenvalue weighted by Gasteiger charge is 2.24. The first-order chi connectivity index (χ1) is 9.73. The summed E-state index contributed by atoms with van der Waals surface area (Å²) in [6.07, 6.45) is 7.29. The van der Waals surface area contributed by atoms with Crippen LogP contribution in [0.25, 0.3) is 5.82 Å². The number of nitrogens with zero attached hydrogens (tertiary/aromatic N) is 3. The van der Waals surface area contributed by atoms with Crippen molar-refractivity contribution in [1.29, 1.82) is 0 Å². The first kappa shape index (κ1) is 14.5. The SMILES string of the molecule is CCC(CC)(CO)CNc1ccc(-n2cccn2)nc1. The van der Waals surface area contributed by atoms with E-state index in [4.69, 9.17) is 0 Å².